The molecule has 3 aromatic rings. The fourth-order valence-corrected chi connectivity index (χ4v) is 2.53. The predicted octanol–water partition coefficient (Wildman–Crippen LogP) is 4.90. The van der Waals surface area contributed by atoms with Crippen molar-refractivity contribution < 1.29 is 18.0 Å². The molecule has 0 aliphatic carbocycles. The van der Waals surface area contributed by atoms with Crippen LogP contribution in [0.25, 0.3) is 5.65 Å². The maximum Gasteiger partial charge on any atom is 0.417 e. The molecule has 0 spiro atoms. The van der Waals surface area contributed by atoms with Crippen molar-refractivity contribution in [2.24, 2.45) is 0 Å². The lowest BCUT2D eigenvalue weighted by molar-refractivity contribution is -0.137. The van der Waals surface area contributed by atoms with Crippen LogP contribution in [0.2, 0.25) is 0 Å². The molecule has 136 valence electrons. The van der Waals surface area contributed by atoms with Crippen LogP contribution in [0.5, 0.6) is 0 Å². The lowest BCUT2D eigenvalue weighted by atomic mass is 9.87. The van der Waals surface area contributed by atoms with Gasteiger partial charge in [-0.05, 0) is 35.2 Å². The first kappa shape index (κ1) is 18.0. The number of halogens is 3. The van der Waals surface area contributed by atoms with E-state index in [-0.39, 0.29) is 17.1 Å². The summed E-state index contributed by atoms with van der Waals surface area (Å²) in [5.41, 5.74) is 1.06. The number of imidazole rings is 1. The molecule has 0 aliphatic heterocycles. The molecule has 4 nitrogen and oxygen atoms in total. The Labute approximate surface area is 148 Å². The van der Waals surface area contributed by atoms with E-state index in [4.69, 9.17) is 0 Å². The Balaban J connectivity index is 1.81. The van der Waals surface area contributed by atoms with Crippen LogP contribution in [-0.2, 0) is 11.6 Å². The van der Waals surface area contributed by atoms with Gasteiger partial charge in [-0.15, -0.1) is 0 Å². The first-order valence-corrected chi connectivity index (χ1v) is 8.02. The molecular formula is C19H18F3N3O. The van der Waals surface area contributed by atoms with E-state index in [1.54, 1.807) is 12.1 Å². The van der Waals surface area contributed by atoms with Crippen molar-refractivity contribution in [1.29, 1.82) is 0 Å². The topological polar surface area (TPSA) is 46.4 Å². The maximum absolute atomic E-state index is 12.8. The number of hydrogen-bond donors (Lipinski definition) is 1. The Morgan fingerprint density at radius 2 is 1.58 bits per heavy atom. The monoisotopic (exact) mass is 361 g/mol. The van der Waals surface area contributed by atoms with Crippen molar-refractivity contribution in [2.75, 3.05) is 5.32 Å². The van der Waals surface area contributed by atoms with Gasteiger partial charge in [-0.2, -0.15) is 13.2 Å². The summed E-state index contributed by atoms with van der Waals surface area (Å²) < 4.78 is 39.5. The summed E-state index contributed by atoms with van der Waals surface area (Å²) in [7, 11) is 0. The van der Waals surface area contributed by atoms with Crippen molar-refractivity contribution in [1.82, 2.24) is 9.38 Å². The minimum atomic E-state index is -4.43. The van der Waals surface area contributed by atoms with Crippen molar-refractivity contribution in [3.63, 3.8) is 0 Å². The summed E-state index contributed by atoms with van der Waals surface area (Å²) in [5, 5.41) is 2.61. The highest BCUT2D eigenvalue weighted by Gasteiger charge is 2.30. The second-order valence-electron chi connectivity index (χ2n) is 7.09. The van der Waals surface area contributed by atoms with Crippen molar-refractivity contribution in [3.8, 4) is 0 Å². The van der Waals surface area contributed by atoms with Crippen LogP contribution in [0.4, 0.5) is 19.0 Å². The van der Waals surface area contributed by atoms with Crippen molar-refractivity contribution >= 4 is 17.4 Å². The fourth-order valence-electron chi connectivity index (χ4n) is 2.53. The van der Waals surface area contributed by atoms with E-state index in [9.17, 15) is 18.0 Å². The number of benzene rings is 1. The highest BCUT2D eigenvalue weighted by Crippen LogP contribution is 2.29. The van der Waals surface area contributed by atoms with Gasteiger partial charge < -0.3 is 9.72 Å². The van der Waals surface area contributed by atoms with E-state index in [1.165, 1.54) is 16.7 Å². The molecule has 0 saturated heterocycles. The van der Waals surface area contributed by atoms with Crippen LogP contribution in [0.1, 0.15) is 42.3 Å². The Hall–Kier alpha value is -2.83. The first-order chi connectivity index (χ1) is 12.0. The summed E-state index contributed by atoms with van der Waals surface area (Å²) in [6.45, 7) is 6.23. The third kappa shape index (κ3) is 3.71. The molecule has 1 N–H and O–H groups in total. The van der Waals surface area contributed by atoms with E-state index in [0.29, 0.717) is 11.2 Å². The van der Waals surface area contributed by atoms with Crippen LogP contribution in [0.15, 0.2) is 48.8 Å². The Morgan fingerprint density at radius 3 is 2.15 bits per heavy atom. The molecule has 2 aromatic heterocycles. The van der Waals surface area contributed by atoms with Gasteiger partial charge in [0.25, 0.3) is 5.91 Å². The zero-order valence-corrected chi connectivity index (χ0v) is 14.6. The Bertz CT molecular complexity index is 951. The van der Waals surface area contributed by atoms with E-state index in [2.05, 4.69) is 31.1 Å². The van der Waals surface area contributed by atoms with Gasteiger partial charge in [-0.25, -0.2) is 4.98 Å². The highest BCUT2D eigenvalue weighted by atomic mass is 19.4. The average Bonchev–Trinajstić information content (AvgIpc) is 2.94. The van der Waals surface area contributed by atoms with E-state index in [1.807, 2.05) is 12.1 Å². The average molecular weight is 361 g/mol. The fraction of sp³-hybridized carbons (Fsp3) is 0.263. The van der Waals surface area contributed by atoms with E-state index >= 15 is 0 Å². The third-order valence-corrected chi connectivity index (χ3v) is 4.03. The summed E-state index contributed by atoms with van der Waals surface area (Å²) in [6.07, 6.45) is -2.14. The van der Waals surface area contributed by atoms with Crippen molar-refractivity contribution in [3.05, 3.63) is 65.5 Å². The number of rotatable bonds is 2. The minimum absolute atomic E-state index is 0.0210. The van der Waals surface area contributed by atoms with Crippen LogP contribution < -0.4 is 5.32 Å². The largest absolute Gasteiger partial charge is 0.417 e. The minimum Gasteiger partial charge on any atom is -0.305 e. The molecule has 0 radical (unpaired) electrons. The van der Waals surface area contributed by atoms with E-state index < -0.39 is 11.7 Å². The summed E-state index contributed by atoms with van der Waals surface area (Å²) in [5.74, 6) is -0.181. The van der Waals surface area contributed by atoms with Gasteiger partial charge in [0.15, 0.2) is 5.82 Å². The summed E-state index contributed by atoms with van der Waals surface area (Å²) in [4.78, 5) is 16.5. The molecule has 0 atom stereocenters. The van der Waals surface area contributed by atoms with Gasteiger partial charge in [-0.3, -0.25) is 4.79 Å². The summed E-state index contributed by atoms with van der Waals surface area (Å²) in [6, 6.07) is 9.42. The number of amides is 1. The molecule has 1 aromatic carbocycles. The molecular weight excluding hydrogens is 343 g/mol. The number of nitrogens with zero attached hydrogens (tertiary/aromatic N) is 2. The normalized spacial score (nSPS) is 12.4. The van der Waals surface area contributed by atoms with Gasteiger partial charge in [-0.1, -0.05) is 32.9 Å². The van der Waals surface area contributed by atoms with Gasteiger partial charge >= 0.3 is 6.18 Å². The highest BCUT2D eigenvalue weighted by molar-refractivity contribution is 6.03. The number of hydrogen-bond acceptors (Lipinski definition) is 2. The van der Waals surface area contributed by atoms with Crippen LogP contribution in [0.3, 0.4) is 0 Å². The molecule has 3 rings (SSSR count). The van der Waals surface area contributed by atoms with Crippen LogP contribution >= 0.6 is 0 Å². The molecule has 0 bridgehead atoms. The molecule has 2 heterocycles. The second kappa shape index (κ2) is 6.16. The number of nitrogens with one attached hydrogen (secondary N) is 1. The van der Waals surface area contributed by atoms with Gasteiger partial charge in [0.05, 0.1) is 11.8 Å². The van der Waals surface area contributed by atoms with Gasteiger partial charge in [0, 0.05) is 11.8 Å². The lowest BCUT2D eigenvalue weighted by Crippen LogP contribution is -2.14. The number of alkyl halides is 3. The predicted molar refractivity (Wildman–Crippen MR) is 93.3 cm³/mol. The number of aromatic nitrogens is 2. The van der Waals surface area contributed by atoms with Crippen molar-refractivity contribution in [2.45, 2.75) is 32.4 Å². The molecule has 26 heavy (non-hydrogen) atoms. The molecule has 0 aliphatic rings. The zero-order valence-electron chi connectivity index (χ0n) is 14.6. The number of anilines is 1. The number of carbonyl (C=O) groups is 1. The quantitative estimate of drug-likeness (QED) is 0.705. The van der Waals surface area contributed by atoms with Crippen LogP contribution in [0, 0.1) is 0 Å². The standard InChI is InChI=1S/C19H18F3N3O/c1-18(2,3)13-6-4-12(5-7-13)17(26)24-15-11-25-10-14(19(20,21)22)8-9-16(25)23-15/h4-11H,1-3H3,(H,24,26). The molecule has 0 fully saturated rings. The maximum atomic E-state index is 12.8. The lowest BCUT2D eigenvalue weighted by Gasteiger charge is -2.18. The Morgan fingerprint density at radius 1 is 0.962 bits per heavy atom. The molecule has 7 heteroatoms. The van der Waals surface area contributed by atoms with Gasteiger partial charge in [0.1, 0.15) is 5.65 Å². The Kier molecular flexibility index (Phi) is 4.26. The second-order valence-corrected chi connectivity index (χ2v) is 7.09. The number of carbonyl (C=O) groups excluding carboxylic acids is 1. The molecule has 0 unspecified atom stereocenters. The van der Waals surface area contributed by atoms with E-state index in [0.717, 1.165) is 17.8 Å². The van der Waals surface area contributed by atoms with Crippen LogP contribution in [-0.4, -0.2) is 15.3 Å². The molecule has 1 amide bonds. The third-order valence-electron chi connectivity index (χ3n) is 4.03. The van der Waals surface area contributed by atoms with Gasteiger partial charge in [0.2, 0.25) is 0 Å². The first-order valence-electron chi connectivity index (χ1n) is 8.02. The summed E-state index contributed by atoms with van der Waals surface area (Å²) >= 11 is 0. The smallest absolute Gasteiger partial charge is 0.305 e. The SMILES string of the molecule is CC(C)(C)c1ccc(C(=O)Nc2cn3cc(C(F)(F)F)ccc3n2)cc1. The zero-order chi connectivity index (χ0) is 19.1. The number of fused-ring (bicyclic) bond motifs is 1. The molecule has 0 saturated carbocycles. The number of pyridine rings is 1.